The molecule has 1 rings (SSSR count). The van der Waals surface area contributed by atoms with Crippen LogP contribution in [-0.2, 0) is 14.3 Å². The number of nitrogens with zero attached hydrogens (tertiary/aromatic N) is 1. The van der Waals surface area contributed by atoms with Gasteiger partial charge in [0.25, 0.3) is 0 Å². The van der Waals surface area contributed by atoms with Crippen LogP contribution in [0.4, 0.5) is 4.79 Å². The van der Waals surface area contributed by atoms with Gasteiger partial charge in [0.1, 0.15) is 0 Å². The molecule has 2 amide bonds. The molecule has 1 saturated heterocycles. The predicted molar refractivity (Wildman–Crippen MR) is 66.0 cm³/mol. The van der Waals surface area contributed by atoms with Crippen molar-refractivity contribution in [1.82, 2.24) is 4.90 Å². The van der Waals surface area contributed by atoms with Gasteiger partial charge in [0.2, 0.25) is 5.91 Å². The number of ether oxygens (including phenoxy) is 2. The SMILES string of the molecule is CC(C)OC(=O)N1CCC(OCCC(N)=O)CC1. The topological polar surface area (TPSA) is 81.9 Å². The van der Waals surface area contributed by atoms with Crippen LogP contribution in [0, 0.1) is 0 Å². The second-order valence-corrected chi connectivity index (χ2v) is 4.71. The number of carbonyl (C=O) groups excluding carboxylic acids is 2. The molecule has 0 saturated carbocycles. The summed E-state index contributed by atoms with van der Waals surface area (Å²) >= 11 is 0. The number of nitrogens with two attached hydrogens (primary N) is 1. The smallest absolute Gasteiger partial charge is 0.410 e. The molecule has 1 heterocycles. The van der Waals surface area contributed by atoms with Gasteiger partial charge in [0.05, 0.1) is 18.8 Å². The van der Waals surface area contributed by atoms with Gasteiger partial charge in [-0.25, -0.2) is 4.79 Å². The van der Waals surface area contributed by atoms with Crippen molar-refractivity contribution in [3.63, 3.8) is 0 Å². The number of primary amides is 1. The first-order chi connectivity index (χ1) is 8.49. The third kappa shape index (κ3) is 5.35. The van der Waals surface area contributed by atoms with Crippen LogP contribution in [0.2, 0.25) is 0 Å². The average molecular weight is 258 g/mol. The molecule has 0 aromatic carbocycles. The summed E-state index contributed by atoms with van der Waals surface area (Å²) in [7, 11) is 0. The van der Waals surface area contributed by atoms with E-state index in [2.05, 4.69) is 0 Å². The first-order valence-electron chi connectivity index (χ1n) is 6.34. The molecule has 104 valence electrons. The Bertz CT molecular complexity index is 286. The maximum absolute atomic E-state index is 11.6. The summed E-state index contributed by atoms with van der Waals surface area (Å²) < 4.78 is 10.6. The van der Waals surface area contributed by atoms with Gasteiger partial charge >= 0.3 is 6.09 Å². The molecule has 0 bridgehead atoms. The van der Waals surface area contributed by atoms with Crippen molar-refractivity contribution in [2.75, 3.05) is 19.7 Å². The van der Waals surface area contributed by atoms with Gasteiger partial charge in [-0.3, -0.25) is 4.79 Å². The number of amides is 2. The summed E-state index contributed by atoms with van der Waals surface area (Å²) in [6.07, 6.45) is 1.53. The molecule has 1 aliphatic heterocycles. The fourth-order valence-electron chi connectivity index (χ4n) is 1.81. The number of rotatable bonds is 5. The van der Waals surface area contributed by atoms with Crippen molar-refractivity contribution in [1.29, 1.82) is 0 Å². The molecule has 1 fully saturated rings. The van der Waals surface area contributed by atoms with E-state index in [1.165, 1.54) is 0 Å². The van der Waals surface area contributed by atoms with Crippen LogP contribution in [0.3, 0.4) is 0 Å². The second kappa shape index (κ2) is 7.20. The van der Waals surface area contributed by atoms with E-state index in [1.807, 2.05) is 13.8 Å². The zero-order valence-corrected chi connectivity index (χ0v) is 11.1. The monoisotopic (exact) mass is 258 g/mol. The fourth-order valence-corrected chi connectivity index (χ4v) is 1.81. The summed E-state index contributed by atoms with van der Waals surface area (Å²) in [6, 6.07) is 0. The van der Waals surface area contributed by atoms with Gasteiger partial charge < -0.3 is 20.1 Å². The Morgan fingerprint density at radius 3 is 2.44 bits per heavy atom. The van der Waals surface area contributed by atoms with E-state index in [0.717, 1.165) is 12.8 Å². The van der Waals surface area contributed by atoms with Crippen molar-refractivity contribution < 1.29 is 19.1 Å². The van der Waals surface area contributed by atoms with Gasteiger partial charge in [-0.05, 0) is 26.7 Å². The number of hydrogen-bond acceptors (Lipinski definition) is 4. The van der Waals surface area contributed by atoms with E-state index in [0.29, 0.717) is 19.7 Å². The molecule has 0 aromatic rings. The van der Waals surface area contributed by atoms with Crippen LogP contribution in [0.15, 0.2) is 0 Å². The lowest BCUT2D eigenvalue weighted by atomic mass is 10.1. The van der Waals surface area contributed by atoms with Crippen molar-refractivity contribution >= 4 is 12.0 Å². The van der Waals surface area contributed by atoms with Gasteiger partial charge in [0, 0.05) is 19.5 Å². The first kappa shape index (κ1) is 14.8. The Balaban J connectivity index is 2.20. The van der Waals surface area contributed by atoms with Crippen LogP contribution >= 0.6 is 0 Å². The molecular formula is C12H22N2O4. The largest absolute Gasteiger partial charge is 0.447 e. The van der Waals surface area contributed by atoms with Crippen molar-refractivity contribution in [3.05, 3.63) is 0 Å². The molecule has 0 aromatic heterocycles. The lowest BCUT2D eigenvalue weighted by molar-refractivity contribution is -0.119. The third-order valence-corrected chi connectivity index (χ3v) is 2.74. The molecule has 0 aliphatic carbocycles. The first-order valence-corrected chi connectivity index (χ1v) is 6.34. The van der Waals surface area contributed by atoms with Gasteiger partial charge in [-0.15, -0.1) is 0 Å². The summed E-state index contributed by atoms with van der Waals surface area (Å²) in [4.78, 5) is 23.9. The summed E-state index contributed by atoms with van der Waals surface area (Å²) in [5.41, 5.74) is 5.03. The van der Waals surface area contributed by atoms with E-state index < -0.39 is 0 Å². The van der Waals surface area contributed by atoms with Crippen LogP contribution < -0.4 is 5.73 Å². The van der Waals surface area contributed by atoms with Gasteiger partial charge in [-0.2, -0.15) is 0 Å². The van der Waals surface area contributed by atoms with Crippen LogP contribution in [0.1, 0.15) is 33.1 Å². The Morgan fingerprint density at radius 2 is 1.94 bits per heavy atom. The molecule has 6 heteroatoms. The number of likely N-dealkylation sites (tertiary alicyclic amines) is 1. The number of piperidine rings is 1. The van der Waals surface area contributed by atoms with E-state index in [-0.39, 0.29) is 30.6 Å². The predicted octanol–water partition coefficient (Wildman–Crippen LogP) is 0.888. The molecule has 1 aliphatic rings. The van der Waals surface area contributed by atoms with Crippen molar-refractivity contribution in [2.45, 2.75) is 45.3 Å². The normalized spacial score (nSPS) is 16.9. The highest BCUT2D eigenvalue weighted by Gasteiger charge is 2.24. The summed E-state index contributed by atoms with van der Waals surface area (Å²) in [5.74, 6) is -0.354. The highest BCUT2D eigenvalue weighted by atomic mass is 16.6. The number of hydrogen-bond donors (Lipinski definition) is 1. The molecule has 0 unspecified atom stereocenters. The van der Waals surface area contributed by atoms with Crippen LogP contribution in [0.25, 0.3) is 0 Å². The van der Waals surface area contributed by atoms with Crippen LogP contribution in [0.5, 0.6) is 0 Å². The summed E-state index contributed by atoms with van der Waals surface area (Å²) in [5, 5.41) is 0. The maximum Gasteiger partial charge on any atom is 0.410 e. The lowest BCUT2D eigenvalue weighted by Crippen LogP contribution is -2.42. The second-order valence-electron chi connectivity index (χ2n) is 4.71. The quantitative estimate of drug-likeness (QED) is 0.794. The van der Waals surface area contributed by atoms with Gasteiger partial charge in [0.15, 0.2) is 0 Å². The van der Waals surface area contributed by atoms with E-state index in [1.54, 1.807) is 4.90 Å². The average Bonchev–Trinajstić information content (AvgIpc) is 2.28. The Morgan fingerprint density at radius 1 is 1.33 bits per heavy atom. The minimum Gasteiger partial charge on any atom is -0.447 e. The zero-order chi connectivity index (χ0) is 13.5. The van der Waals surface area contributed by atoms with Crippen molar-refractivity contribution in [3.8, 4) is 0 Å². The highest BCUT2D eigenvalue weighted by molar-refractivity contribution is 5.73. The molecule has 18 heavy (non-hydrogen) atoms. The lowest BCUT2D eigenvalue weighted by Gasteiger charge is -2.31. The van der Waals surface area contributed by atoms with E-state index >= 15 is 0 Å². The molecule has 0 atom stereocenters. The maximum atomic E-state index is 11.6. The highest BCUT2D eigenvalue weighted by Crippen LogP contribution is 2.15. The fraction of sp³-hybridized carbons (Fsp3) is 0.833. The number of carbonyl (C=O) groups is 2. The third-order valence-electron chi connectivity index (χ3n) is 2.74. The minimum atomic E-state index is -0.354. The van der Waals surface area contributed by atoms with Crippen LogP contribution in [-0.4, -0.2) is 48.8 Å². The molecule has 2 N–H and O–H groups in total. The van der Waals surface area contributed by atoms with Crippen molar-refractivity contribution in [2.24, 2.45) is 5.73 Å². The summed E-state index contributed by atoms with van der Waals surface area (Å²) in [6.45, 7) is 5.28. The van der Waals surface area contributed by atoms with Gasteiger partial charge in [-0.1, -0.05) is 0 Å². The Labute approximate surface area is 107 Å². The van der Waals surface area contributed by atoms with E-state index in [9.17, 15) is 9.59 Å². The Hall–Kier alpha value is -1.30. The molecule has 0 radical (unpaired) electrons. The van der Waals surface area contributed by atoms with E-state index in [4.69, 9.17) is 15.2 Å². The Kier molecular flexibility index (Phi) is 5.91. The molecule has 6 nitrogen and oxygen atoms in total. The molecule has 0 spiro atoms. The zero-order valence-electron chi connectivity index (χ0n) is 11.1. The standard InChI is InChI=1S/C12H22N2O4/c1-9(2)18-12(16)14-6-3-10(4-7-14)17-8-5-11(13)15/h9-10H,3-8H2,1-2H3,(H2,13,15). The molecular weight excluding hydrogens is 236 g/mol. The minimum absolute atomic E-state index is 0.0953.